The normalized spacial score (nSPS) is 13.1. The molecule has 2 aromatic heterocycles. The van der Waals surface area contributed by atoms with E-state index in [2.05, 4.69) is 9.97 Å². The lowest BCUT2D eigenvalue weighted by Gasteiger charge is -2.07. The van der Waals surface area contributed by atoms with E-state index >= 15 is 0 Å². The van der Waals surface area contributed by atoms with Gasteiger partial charge in [-0.05, 0) is 48.6 Å². The van der Waals surface area contributed by atoms with Gasteiger partial charge in [-0.2, -0.15) is 0 Å². The van der Waals surface area contributed by atoms with Gasteiger partial charge in [0.2, 0.25) is 0 Å². The molecule has 2 aromatic carbocycles. The summed E-state index contributed by atoms with van der Waals surface area (Å²) in [4.78, 5) is 21.5. The molecule has 0 aliphatic carbocycles. The van der Waals surface area contributed by atoms with Crippen LogP contribution in [0.25, 0.3) is 22.0 Å². The van der Waals surface area contributed by atoms with Gasteiger partial charge in [0.15, 0.2) is 5.78 Å². The fourth-order valence-corrected chi connectivity index (χ4v) is 3.00. The van der Waals surface area contributed by atoms with E-state index < -0.39 is 30.0 Å². The van der Waals surface area contributed by atoms with Crippen molar-refractivity contribution in [3.63, 3.8) is 0 Å². The number of rotatable bonds is 4. The first kappa shape index (κ1) is 13.2. The average Bonchev–Trinajstić information content (AvgIpc) is 3.09. The van der Waals surface area contributed by atoms with Crippen LogP contribution in [0, 0.1) is 6.92 Å². The summed E-state index contributed by atoms with van der Waals surface area (Å²) in [7, 11) is 1.95. The molecule has 0 fully saturated rings. The SMILES string of the molecule is [2H]c1c([2H])c(C(=O)Cc2cc3cc(-c4cnc(C)n4C)ccc3cn2)c([2H])c([2H])c1Cl. The second kappa shape index (κ2) is 6.97. The number of aryl methyl sites for hydroxylation is 1. The number of carbonyl (C=O) groups excluding carboxylic acids is 1. The average molecular weight is 380 g/mol. The molecule has 134 valence electrons. The lowest BCUT2D eigenvalue weighted by Crippen LogP contribution is -2.04. The van der Waals surface area contributed by atoms with Crippen molar-refractivity contribution in [3.8, 4) is 11.3 Å². The number of hydrogen-bond donors (Lipinski definition) is 0. The first-order chi connectivity index (χ1) is 14.7. The maximum Gasteiger partial charge on any atom is 0.168 e. The molecule has 0 aliphatic heterocycles. The third kappa shape index (κ3) is 3.49. The zero-order chi connectivity index (χ0) is 22.4. The van der Waals surface area contributed by atoms with Gasteiger partial charge < -0.3 is 4.57 Å². The van der Waals surface area contributed by atoms with Crippen LogP contribution in [0.4, 0.5) is 0 Å². The van der Waals surface area contributed by atoms with Crippen molar-refractivity contribution < 1.29 is 10.3 Å². The minimum absolute atomic E-state index is 0.150. The molecule has 4 aromatic rings. The number of fused-ring (bicyclic) bond motifs is 1. The number of ketones is 1. The monoisotopic (exact) mass is 379 g/mol. The summed E-state index contributed by atoms with van der Waals surface area (Å²) >= 11 is 5.82. The van der Waals surface area contributed by atoms with Gasteiger partial charge in [-0.1, -0.05) is 23.7 Å². The second-order valence-corrected chi connectivity index (χ2v) is 6.65. The Morgan fingerprint density at radius 2 is 1.89 bits per heavy atom. The molecule has 0 saturated carbocycles. The van der Waals surface area contributed by atoms with Crippen molar-refractivity contribution >= 4 is 28.2 Å². The third-order valence-electron chi connectivity index (χ3n) is 4.51. The number of Topliss-reactive ketones (excluding diaryl/α,β-unsaturated/α-hetero) is 1. The topological polar surface area (TPSA) is 47.8 Å². The van der Waals surface area contributed by atoms with Crippen LogP contribution in [-0.2, 0) is 13.5 Å². The lowest BCUT2D eigenvalue weighted by molar-refractivity contribution is 0.0992. The van der Waals surface area contributed by atoms with Crippen molar-refractivity contribution in [2.24, 2.45) is 7.05 Å². The number of hydrogen-bond acceptors (Lipinski definition) is 3. The predicted octanol–water partition coefficient (Wildman–Crippen LogP) is 5.02. The van der Waals surface area contributed by atoms with Crippen molar-refractivity contribution in [2.45, 2.75) is 13.3 Å². The summed E-state index contributed by atoms with van der Waals surface area (Å²) in [6.07, 6.45) is 3.33. The van der Waals surface area contributed by atoms with E-state index in [1.165, 1.54) is 0 Å². The maximum atomic E-state index is 12.8. The van der Waals surface area contributed by atoms with E-state index in [0.29, 0.717) is 5.69 Å². The zero-order valence-electron chi connectivity index (χ0n) is 18.8. The highest BCUT2D eigenvalue weighted by Gasteiger charge is 2.10. The lowest BCUT2D eigenvalue weighted by atomic mass is 10.0. The second-order valence-electron chi connectivity index (χ2n) is 6.28. The van der Waals surface area contributed by atoms with Gasteiger partial charge in [-0.3, -0.25) is 9.78 Å². The molecule has 0 bridgehead atoms. The molecule has 0 radical (unpaired) electrons. The van der Waals surface area contributed by atoms with Crippen LogP contribution in [0.5, 0.6) is 0 Å². The van der Waals surface area contributed by atoms with Gasteiger partial charge in [0, 0.05) is 40.5 Å². The summed E-state index contributed by atoms with van der Waals surface area (Å²) in [5.74, 6) is 0.359. The molecule has 0 unspecified atom stereocenters. The Morgan fingerprint density at radius 3 is 2.59 bits per heavy atom. The number of nitrogens with zero attached hydrogens (tertiary/aromatic N) is 3. The van der Waals surface area contributed by atoms with E-state index in [0.717, 1.165) is 27.9 Å². The van der Waals surface area contributed by atoms with E-state index in [4.69, 9.17) is 17.1 Å². The summed E-state index contributed by atoms with van der Waals surface area (Å²) in [6.45, 7) is 1.93. The van der Waals surface area contributed by atoms with Gasteiger partial charge in [0.1, 0.15) is 5.82 Å². The van der Waals surface area contributed by atoms with E-state index in [1.54, 1.807) is 12.3 Å². The minimum Gasteiger partial charge on any atom is -0.331 e. The Balaban J connectivity index is 1.71. The summed E-state index contributed by atoms with van der Waals surface area (Å²) in [5.41, 5.74) is 2.15. The molecule has 0 atom stereocenters. The van der Waals surface area contributed by atoms with Crippen LogP contribution in [0.2, 0.25) is 5.02 Å². The standard InChI is InChI=1S/C22H18ClN3O/c1-14-24-13-21(26(14)2)16-3-4-17-12-25-20(10-18(17)9-16)11-22(27)15-5-7-19(23)8-6-15/h3-10,12-13H,11H2,1-2H3/i5D,6D,7D,8D. The maximum absolute atomic E-state index is 12.8. The number of carbonyl (C=O) groups is 1. The molecule has 0 spiro atoms. The number of pyridine rings is 1. The Morgan fingerprint density at radius 1 is 1.11 bits per heavy atom. The highest BCUT2D eigenvalue weighted by molar-refractivity contribution is 6.30. The number of imidazole rings is 1. The van der Waals surface area contributed by atoms with E-state index in [1.807, 2.05) is 42.9 Å². The largest absolute Gasteiger partial charge is 0.331 e. The fraction of sp³-hybridized carbons (Fsp3) is 0.136. The van der Waals surface area contributed by atoms with Gasteiger partial charge in [-0.15, -0.1) is 0 Å². The van der Waals surface area contributed by atoms with Crippen molar-refractivity contribution in [2.75, 3.05) is 0 Å². The Kier molecular flexibility index (Phi) is 3.41. The van der Waals surface area contributed by atoms with Crippen LogP contribution in [0.3, 0.4) is 0 Å². The molecule has 4 rings (SSSR count). The van der Waals surface area contributed by atoms with Crippen LogP contribution >= 0.6 is 11.6 Å². The summed E-state index contributed by atoms with van der Waals surface area (Å²) in [6, 6.07) is 6.01. The number of halogens is 1. The molecule has 2 heterocycles. The quantitative estimate of drug-likeness (QED) is 0.467. The summed E-state index contributed by atoms with van der Waals surface area (Å²) in [5, 5.41) is 1.51. The zero-order valence-corrected chi connectivity index (χ0v) is 15.6. The van der Waals surface area contributed by atoms with Crippen LogP contribution in [-0.4, -0.2) is 20.3 Å². The van der Waals surface area contributed by atoms with Gasteiger partial charge in [0.25, 0.3) is 0 Å². The van der Waals surface area contributed by atoms with Crippen LogP contribution in [0.15, 0.2) is 60.8 Å². The smallest absolute Gasteiger partial charge is 0.168 e. The van der Waals surface area contributed by atoms with Crippen molar-refractivity contribution in [1.29, 1.82) is 0 Å². The fourth-order valence-electron chi connectivity index (χ4n) is 2.90. The first-order valence-corrected chi connectivity index (χ1v) is 8.73. The van der Waals surface area contributed by atoms with Crippen molar-refractivity contribution in [3.05, 3.63) is 82.9 Å². The summed E-state index contributed by atoms with van der Waals surface area (Å²) < 4.78 is 33.7. The van der Waals surface area contributed by atoms with E-state index in [-0.39, 0.29) is 17.0 Å². The van der Waals surface area contributed by atoms with Crippen molar-refractivity contribution in [1.82, 2.24) is 14.5 Å². The molecule has 0 amide bonds. The Labute approximate surface area is 168 Å². The molecule has 0 N–H and O–H groups in total. The van der Waals surface area contributed by atoms with Crippen LogP contribution in [0.1, 0.15) is 27.4 Å². The Bertz CT molecular complexity index is 1340. The van der Waals surface area contributed by atoms with Gasteiger partial charge in [0.05, 0.1) is 23.8 Å². The first-order valence-electron chi connectivity index (χ1n) is 10.4. The molecule has 0 aliphatic rings. The molecular formula is C22H18ClN3O. The van der Waals surface area contributed by atoms with E-state index in [9.17, 15) is 4.79 Å². The molecule has 0 saturated heterocycles. The molecule has 27 heavy (non-hydrogen) atoms. The van der Waals surface area contributed by atoms with Crippen LogP contribution < -0.4 is 0 Å². The Hall–Kier alpha value is -2.98. The minimum atomic E-state index is -0.543. The predicted molar refractivity (Wildman–Crippen MR) is 108 cm³/mol. The molecule has 4 nitrogen and oxygen atoms in total. The molecule has 5 heteroatoms. The highest BCUT2D eigenvalue weighted by atomic mass is 35.5. The highest BCUT2D eigenvalue weighted by Crippen LogP contribution is 2.25. The number of aromatic nitrogens is 3. The van der Waals surface area contributed by atoms with Gasteiger partial charge in [-0.25, -0.2) is 4.98 Å². The molecular weight excluding hydrogens is 358 g/mol. The van der Waals surface area contributed by atoms with Gasteiger partial charge >= 0.3 is 0 Å². The third-order valence-corrected chi connectivity index (χ3v) is 4.70. The number of benzene rings is 2.